The van der Waals surface area contributed by atoms with E-state index in [1.54, 1.807) is 12.4 Å². The van der Waals surface area contributed by atoms with Gasteiger partial charge in [0.15, 0.2) is 0 Å². The molecule has 3 nitrogen and oxygen atoms in total. The molecule has 1 aromatic heterocycles. The Bertz CT molecular complexity index is 486. The number of halogens is 2. The molecule has 2 fully saturated rings. The summed E-state index contributed by atoms with van der Waals surface area (Å²) in [6.45, 7) is 4.67. The molecule has 1 aliphatic heterocycles. The number of hydrogen-bond acceptors (Lipinski definition) is 3. The topological polar surface area (TPSA) is 36.4 Å². The van der Waals surface area contributed by atoms with Gasteiger partial charge < -0.3 is 5.11 Å². The fourth-order valence-electron chi connectivity index (χ4n) is 3.37. The highest BCUT2D eigenvalue weighted by atomic mass is 35.5. The third kappa shape index (κ3) is 2.69. The Morgan fingerprint density at radius 2 is 2.00 bits per heavy atom. The number of hydrogen-bond donors (Lipinski definition) is 1. The normalized spacial score (nSPS) is 31.5. The lowest BCUT2D eigenvalue weighted by molar-refractivity contribution is -0.0832. The molecule has 20 heavy (non-hydrogen) atoms. The van der Waals surface area contributed by atoms with Gasteiger partial charge >= 0.3 is 0 Å². The SMILES string of the molecule is C[C@@H]1CN(Cc2c(Cl)cncc2Cl)CC[C@@]1(O)C1CC1. The first-order chi connectivity index (χ1) is 9.50. The molecule has 0 unspecified atom stereocenters. The summed E-state index contributed by atoms with van der Waals surface area (Å²) in [5.74, 6) is 0.816. The van der Waals surface area contributed by atoms with Crippen LogP contribution in [0.2, 0.25) is 10.0 Å². The molecule has 2 aliphatic rings. The molecule has 1 aliphatic carbocycles. The van der Waals surface area contributed by atoms with Crippen LogP contribution < -0.4 is 0 Å². The van der Waals surface area contributed by atoms with Crippen LogP contribution in [0.25, 0.3) is 0 Å². The number of nitrogens with zero attached hydrogens (tertiary/aromatic N) is 2. The summed E-state index contributed by atoms with van der Waals surface area (Å²) in [5, 5.41) is 12.0. The van der Waals surface area contributed by atoms with Crippen LogP contribution in [0.4, 0.5) is 0 Å². The van der Waals surface area contributed by atoms with E-state index in [1.165, 1.54) is 12.8 Å². The van der Waals surface area contributed by atoms with E-state index in [-0.39, 0.29) is 0 Å². The fraction of sp³-hybridized carbons (Fsp3) is 0.667. The maximum Gasteiger partial charge on any atom is 0.0725 e. The van der Waals surface area contributed by atoms with E-state index < -0.39 is 5.60 Å². The Kier molecular flexibility index (Phi) is 3.97. The number of piperidine rings is 1. The minimum atomic E-state index is -0.456. The van der Waals surface area contributed by atoms with Crippen LogP contribution in [0.15, 0.2) is 12.4 Å². The average molecular weight is 315 g/mol. The highest BCUT2D eigenvalue weighted by molar-refractivity contribution is 6.35. The van der Waals surface area contributed by atoms with Gasteiger partial charge in [-0.15, -0.1) is 0 Å². The molecule has 0 radical (unpaired) electrons. The van der Waals surface area contributed by atoms with Crippen molar-refractivity contribution in [2.45, 2.75) is 38.3 Å². The molecule has 0 bridgehead atoms. The smallest absolute Gasteiger partial charge is 0.0725 e. The summed E-state index contributed by atoms with van der Waals surface area (Å²) in [4.78, 5) is 6.31. The predicted octanol–water partition coefficient (Wildman–Crippen LogP) is 3.37. The largest absolute Gasteiger partial charge is 0.389 e. The fourth-order valence-corrected chi connectivity index (χ4v) is 3.85. The number of aromatic nitrogens is 1. The Hall–Kier alpha value is -0.350. The van der Waals surface area contributed by atoms with Crippen molar-refractivity contribution in [3.63, 3.8) is 0 Å². The van der Waals surface area contributed by atoms with Gasteiger partial charge in [-0.25, -0.2) is 0 Å². The van der Waals surface area contributed by atoms with Gasteiger partial charge in [-0.1, -0.05) is 30.1 Å². The zero-order valence-electron chi connectivity index (χ0n) is 11.6. The van der Waals surface area contributed by atoms with Crippen molar-refractivity contribution < 1.29 is 5.11 Å². The Balaban J connectivity index is 1.68. The van der Waals surface area contributed by atoms with Crippen LogP contribution in [-0.2, 0) is 6.54 Å². The first kappa shape index (κ1) is 14.6. The third-order valence-electron chi connectivity index (χ3n) is 4.83. The van der Waals surface area contributed by atoms with E-state index >= 15 is 0 Å². The Morgan fingerprint density at radius 1 is 1.35 bits per heavy atom. The second kappa shape index (κ2) is 5.45. The summed E-state index contributed by atoms with van der Waals surface area (Å²) in [6.07, 6.45) is 6.48. The van der Waals surface area contributed by atoms with Crippen molar-refractivity contribution in [2.24, 2.45) is 11.8 Å². The van der Waals surface area contributed by atoms with Crippen molar-refractivity contribution in [2.75, 3.05) is 13.1 Å². The van der Waals surface area contributed by atoms with Gasteiger partial charge in [0.05, 0.1) is 15.6 Å². The zero-order chi connectivity index (χ0) is 14.3. The standard InChI is InChI=1S/C15H20Cl2N2O/c1-10-8-19(5-4-15(10,20)11-2-3-11)9-12-13(16)6-18-7-14(12)17/h6-7,10-11,20H,2-5,8-9H2,1H3/t10-,15+/m1/s1. The minimum Gasteiger partial charge on any atom is -0.389 e. The highest BCUT2D eigenvalue weighted by Crippen LogP contribution is 2.47. The van der Waals surface area contributed by atoms with Crippen molar-refractivity contribution in [1.29, 1.82) is 0 Å². The van der Waals surface area contributed by atoms with E-state index in [0.717, 1.165) is 31.6 Å². The second-order valence-electron chi connectivity index (χ2n) is 6.23. The molecular weight excluding hydrogens is 295 g/mol. The van der Waals surface area contributed by atoms with Gasteiger partial charge in [0.1, 0.15) is 0 Å². The molecule has 1 saturated carbocycles. The molecule has 0 amide bonds. The molecule has 0 aromatic carbocycles. The summed E-state index contributed by atoms with van der Waals surface area (Å²) in [7, 11) is 0. The van der Waals surface area contributed by atoms with Crippen LogP contribution >= 0.6 is 23.2 Å². The lowest BCUT2D eigenvalue weighted by Crippen LogP contribution is -2.51. The van der Waals surface area contributed by atoms with Crippen LogP contribution in [0.3, 0.4) is 0 Å². The van der Waals surface area contributed by atoms with Crippen molar-refractivity contribution in [1.82, 2.24) is 9.88 Å². The molecular formula is C15H20Cl2N2O. The predicted molar refractivity (Wildman–Crippen MR) is 81.0 cm³/mol. The van der Waals surface area contributed by atoms with Crippen LogP contribution in [0.1, 0.15) is 31.7 Å². The second-order valence-corrected chi connectivity index (χ2v) is 7.05. The molecule has 1 aromatic rings. The lowest BCUT2D eigenvalue weighted by Gasteiger charge is -2.43. The number of pyridine rings is 1. The zero-order valence-corrected chi connectivity index (χ0v) is 13.2. The van der Waals surface area contributed by atoms with E-state index in [0.29, 0.717) is 21.9 Å². The summed E-state index contributed by atoms with van der Waals surface area (Å²) in [5.41, 5.74) is 0.481. The molecule has 0 spiro atoms. The molecule has 2 heterocycles. The third-order valence-corrected chi connectivity index (χ3v) is 5.48. The number of likely N-dealkylation sites (tertiary alicyclic amines) is 1. The molecule has 2 atom stereocenters. The number of aliphatic hydroxyl groups is 1. The van der Waals surface area contributed by atoms with Gasteiger partial charge in [-0.2, -0.15) is 0 Å². The van der Waals surface area contributed by atoms with Gasteiger partial charge in [0, 0.05) is 37.6 Å². The molecule has 1 N–H and O–H groups in total. The lowest BCUT2D eigenvalue weighted by atomic mass is 9.78. The average Bonchev–Trinajstić information content (AvgIpc) is 3.23. The molecule has 5 heteroatoms. The van der Waals surface area contributed by atoms with Crippen molar-refractivity contribution >= 4 is 23.2 Å². The van der Waals surface area contributed by atoms with E-state index in [9.17, 15) is 5.11 Å². The van der Waals surface area contributed by atoms with Crippen LogP contribution in [0, 0.1) is 11.8 Å². The maximum absolute atomic E-state index is 10.8. The van der Waals surface area contributed by atoms with E-state index in [4.69, 9.17) is 23.2 Å². The van der Waals surface area contributed by atoms with Crippen molar-refractivity contribution in [3.8, 4) is 0 Å². The summed E-state index contributed by atoms with van der Waals surface area (Å²) >= 11 is 12.4. The van der Waals surface area contributed by atoms with Crippen LogP contribution in [0.5, 0.6) is 0 Å². The number of rotatable bonds is 3. The quantitative estimate of drug-likeness (QED) is 0.929. The summed E-state index contributed by atoms with van der Waals surface area (Å²) in [6, 6.07) is 0. The van der Waals surface area contributed by atoms with Gasteiger partial charge in [0.25, 0.3) is 0 Å². The first-order valence-corrected chi connectivity index (χ1v) is 7.99. The molecule has 3 rings (SSSR count). The van der Waals surface area contributed by atoms with Gasteiger partial charge in [0.2, 0.25) is 0 Å². The summed E-state index contributed by atoms with van der Waals surface area (Å²) < 4.78 is 0. The minimum absolute atomic E-state index is 0.295. The van der Waals surface area contributed by atoms with E-state index in [1.807, 2.05) is 0 Å². The van der Waals surface area contributed by atoms with Crippen LogP contribution in [-0.4, -0.2) is 33.7 Å². The molecule has 110 valence electrons. The Morgan fingerprint density at radius 3 is 2.55 bits per heavy atom. The van der Waals surface area contributed by atoms with Crippen molar-refractivity contribution in [3.05, 3.63) is 28.0 Å². The molecule has 1 saturated heterocycles. The monoisotopic (exact) mass is 314 g/mol. The Labute approximate surface area is 129 Å². The first-order valence-electron chi connectivity index (χ1n) is 7.23. The van der Waals surface area contributed by atoms with Gasteiger partial charge in [-0.3, -0.25) is 9.88 Å². The maximum atomic E-state index is 10.8. The highest BCUT2D eigenvalue weighted by Gasteiger charge is 2.49. The van der Waals surface area contributed by atoms with E-state index in [2.05, 4.69) is 16.8 Å². The van der Waals surface area contributed by atoms with Gasteiger partial charge in [-0.05, 0) is 31.1 Å².